The summed E-state index contributed by atoms with van der Waals surface area (Å²) in [4.78, 5) is 10.1. The Morgan fingerprint density at radius 2 is 1.91 bits per heavy atom. The standard InChI is InChI=1S/C7H14O3.Li/c1-5(7(9)10)3-4-6(2)8;/h5-6,8H,3-4H2,1-2H3,(H,9,10);/q;+1/p-1. The van der Waals surface area contributed by atoms with Gasteiger partial charge >= 0.3 is 18.9 Å². The molecule has 0 aromatic carbocycles. The molecule has 0 aliphatic heterocycles. The number of carboxylic acids is 1. The van der Waals surface area contributed by atoms with E-state index in [2.05, 4.69) is 0 Å². The summed E-state index contributed by atoms with van der Waals surface area (Å²) in [5, 5.41) is 18.9. The summed E-state index contributed by atoms with van der Waals surface area (Å²) in [5.41, 5.74) is 0. The third-order valence-electron chi connectivity index (χ3n) is 1.42. The van der Waals surface area contributed by atoms with E-state index in [0.29, 0.717) is 12.8 Å². The number of aliphatic carboxylic acids is 1. The molecule has 2 unspecified atom stereocenters. The molecule has 1 N–H and O–H groups in total. The van der Waals surface area contributed by atoms with E-state index in [-0.39, 0.29) is 18.9 Å². The zero-order chi connectivity index (χ0) is 8.15. The minimum atomic E-state index is -1.04. The number of carboxylic acid groups (broad SMARTS) is 1. The molecule has 0 aliphatic rings. The number of hydrogen-bond donors (Lipinski definition) is 1. The third-order valence-corrected chi connectivity index (χ3v) is 1.42. The van der Waals surface area contributed by atoms with Crippen LogP contribution in [0.1, 0.15) is 26.7 Å². The van der Waals surface area contributed by atoms with Gasteiger partial charge in [-0.15, -0.1) is 0 Å². The van der Waals surface area contributed by atoms with Crippen molar-refractivity contribution in [2.24, 2.45) is 5.92 Å². The van der Waals surface area contributed by atoms with E-state index >= 15 is 0 Å². The molecule has 0 aromatic heterocycles. The first-order valence-corrected chi connectivity index (χ1v) is 3.43. The van der Waals surface area contributed by atoms with E-state index in [0.717, 1.165) is 0 Å². The van der Waals surface area contributed by atoms with Crippen molar-refractivity contribution in [3.8, 4) is 0 Å². The molecule has 11 heavy (non-hydrogen) atoms. The van der Waals surface area contributed by atoms with Crippen LogP contribution in [-0.2, 0) is 4.79 Å². The molecule has 0 radical (unpaired) electrons. The Balaban J connectivity index is 0. The van der Waals surface area contributed by atoms with Crippen molar-refractivity contribution in [1.29, 1.82) is 0 Å². The zero-order valence-corrected chi connectivity index (χ0v) is 7.33. The quantitative estimate of drug-likeness (QED) is 0.426. The van der Waals surface area contributed by atoms with Gasteiger partial charge in [0.1, 0.15) is 0 Å². The summed E-state index contributed by atoms with van der Waals surface area (Å²) in [5.74, 6) is -1.49. The summed E-state index contributed by atoms with van der Waals surface area (Å²) < 4.78 is 0. The number of hydrogen-bond acceptors (Lipinski definition) is 3. The molecule has 0 rings (SSSR count). The zero-order valence-electron chi connectivity index (χ0n) is 7.33. The first kappa shape index (κ1) is 13.6. The topological polar surface area (TPSA) is 60.4 Å². The average Bonchev–Trinajstić information content (AvgIpc) is 1.82. The smallest absolute Gasteiger partial charge is 0.550 e. The van der Waals surface area contributed by atoms with Crippen LogP contribution in [0.5, 0.6) is 0 Å². The first-order valence-electron chi connectivity index (χ1n) is 3.43. The molecule has 3 nitrogen and oxygen atoms in total. The molecule has 60 valence electrons. The first-order chi connectivity index (χ1) is 4.54. The molecule has 0 amide bonds. The van der Waals surface area contributed by atoms with Crippen molar-refractivity contribution in [1.82, 2.24) is 0 Å². The fraction of sp³-hybridized carbons (Fsp3) is 0.857. The molecule has 0 bridgehead atoms. The van der Waals surface area contributed by atoms with Crippen molar-refractivity contribution in [2.45, 2.75) is 32.8 Å². The van der Waals surface area contributed by atoms with E-state index in [1.807, 2.05) is 0 Å². The van der Waals surface area contributed by atoms with Crippen LogP contribution < -0.4 is 24.0 Å². The van der Waals surface area contributed by atoms with E-state index in [4.69, 9.17) is 5.11 Å². The predicted molar refractivity (Wildman–Crippen MR) is 35.1 cm³/mol. The fourth-order valence-electron chi connectivity index (χ4n) is 0.609. The van der Waals surface area contributed by atoms with Gasteiger partial charge in [-0.2, -0.15) is 0 Å². The van der Waals surface area contributed by atoms with E-state index in [1.54, 1.807) is 13.8 Å². The average molecular weight is 152 g/mol. The summed E-state index contributed by atoms with van der Waals surface area (Å²) >= 11 is 0. The van der Waals surface area contributed by atoms with Gasteiger partial charge in [-0.3, -0.25) is 0 Å². The summed E-state index contributed by atoms with van der Waals surface area (Å²) in [6, 6.07) is 0. The normalized spacial score (nSPS) is 14.8. The maximum absolute atomic E-state index is 10.1. The van der Waals surface area contributed by atoms with E-state index in [9.17, 15) is 9.90 Å². The molecule has 0 aromatic rings. The maximum Gasteiger partial charge on any atom is 1.00 e. The van der Waals surface area contributed by atoms with Gasteiger partial charge in [0.25, 0.3) is 0 Å². The molecule has 0 saturated carbocycles. The Morgan fingerprint density at radius 1 is 1.45 bits per heavy atom. The number of aliphatic hydroxyl groups is 1. The third kappa shape index (κ3) is 7.93. The molecule has 0 heterocycles. The van der Waals surface area contributed by atoms with Crippen molar-refractivity contribution >= 4 is 5.97 Å². The van der Waals surface area contributed by atoms with Gasteiger partial charge in [0.05, 0.1) is 6.10 Å². The molecule has 0 spiro atoms. The van der Waals surface area contributed by atoms with Crippen LogP contribution in [0.2, 0.25) is 0 Å². The molecule has 0 aliphatic carbocycles. The van der Waals surface area contributed by atoms with Crippen LogP contribution in [0.25, 0.3) is 0 Å². The van der Waals surface area contributed by atoms with Crippen LogP contribution in [-0.4, -0.2) is 17.2 Å². The van der Waals surface area contributed by atoms with Crippen molar-refractivity contribution in [3.63, 3.8) is 0 Å². The second-order valence-electron chi connectivity index (χ2n) is 2.65. The number of carbonyl (C=O) groups is 1. The van der Waals surface area contributed by atoms with Crippen LogP contribution in [0.4, 0.5) is 0 Å². The van der Waals surface area contributed by atoms with Gasteiger partial charge in [-0.05, 0) is 25.7 Å². The molecule has 0 fully saturated rings. The Hall–Kier alpha value is 0.0274. The second kappa shape index (κ2) is 6.72. The maximum atomic E-state index is 10.1. The number of rotatable bonds is 4. The fourth-order valence-corrected chi connectivity index (χ4v) is 0.609. The van der Waals surface area contributed by atoms with Gasteiger partial charge in [0.15, 0.2) is 0 Å². The monoisotopic (exact) mass is 152 g/mol. The minimum absolute atomic E-state index is 0. The number of aliphatic hydroxyl groups excluding tert-OH is 1. The van der Waals surface area contributed by atoms with Crippen molar-refractivity contribution in [2.75, 3.05) is 0 Å². The Morgan fingerprint density at radius 3 is 2.18 bits per heavy atom. The second-order valence-corrected chi connectivity index (χ2v) is 2.65. The summed E-state index contributed by atoms with van der Waals surface area (Å²) in [6.07, 6.45) is 0.594. The number of carbonyl (C=O) groups excluding carboxylic acids is 1. The van der Waals surface area contributed by atoms with Crippen molar-refractivity contribution < 1.29 is 33.9 Å². The SMILES string of the molecule is CC(O)CCC(C)C(=O)[O-].[Li+]. The van der Waals surface area contributed by atoms with Crippen LogP contribution >= 0.6 is 0 Å². The molecule has 4 heteroatoms. The molecule has 0 saturated heterocycles. The van der Waals surface area contributed by atoms with Crippen LogP contribution in [0.3, 0.4) is 0 Å². The van der Waals surface area contributed by atoms with E-state index < -0.39 is 18.0 Å². The van der Waals surface area contributed by atoms with E-state index in [1.165, 1.54) is 0 Å². The minimum Gasteiger partial charge on any atom is -0.550 e. The molecular weight excluding hydrogens is 139 g/mol. The molecule has 2 atom stereocenters. The largest absolute Gasteiger partial charge is 1.00 e. The van der Waals surface area contributed by atoms with Gasteiger partial charge < -0.3 is 15.0 Å². The van der Waals surface area contributed by atoms with Crippen molar-refractivity contribution in [3.05, 3.63) is 0 Å². The Kier molecular flexibility index (Phi) is 8.31. The van der Waals surface area contributed by atoms with Gasteiger partial charge in [-0.25, -0.2) is 0 Å². The van der Waals surface area contributed by atoms with Gasteiger partial charge in [0.2, 0.25) is 0 Å². The van der Waals surface area contributed by atoms with Gasteiger partial charge in [0, 0.05) is 5.97 Å². The summed E-state index contributed by atoms with van der Waals surface area (Å²) in [7, 11) is 0. The van der Waals surface area contributed by atoms with Crippen LogP contribution in [0, 0.1) is 5.92 Å². The Bertz CT molecular complexity index is 114. The van der Waals surface area contributed by atoms with Crippen LogP contribution in [0.15, 0.2) is 0 Å². The Labute approximate surface area is 79.0 Å². The predicted octanol–water partition coefficient (Wildman–Crippen LogP) is -3.46. The van der Waals surface area contributed by atoms with Gasteiger partial charge in [-0.1, -0.05) is 6.92 Å². The molecular formula is C7H13LiO3. The summed E-state index contributed by atoms with van der Waals surface area (Å²) in [6.45, 7) is 3.22.